The summed E-state index contributed by atoms with van der Waals surface area (Å²) in [5.41, 5.74) is 0.539. The highest BCUT2D eigenvalue weighted by Crippen LogP contribution is 2.36. The zero-order valence-corrected chi connectivity index (χ0v) is 12.4. The molecule has 0 aliphatic carbocycles. The lowest BCUT2D eigenvalue weighted by Gasteiger charge is -2.29. The van der Waals surface area contributed by atoms with Gasteiger partial charge in [-0.3, -0.25) is 0 Å². The first-order valence-corrected chi connectivity index (χ1v) is 7.00. The van der Waals surface area contributed by atoms with Crippen molar-refractivity contribution in [3.8, 4) is 0 Å². The van der Waals surface area contributed by atoms with E-state index >= 15 is 0 Å². The number of likely N-dealkylation sites (tertiary alicyclic amines) is 1. The molecule has 1 fully saturated rings. The zero-order chi connectivity index (χ0) is 14.0. The highest BCUT2D eigenvalue weighted by Gasteiger charge is 2.33. The zero-order valence-electron chi connectivity index (χ0n) is 11.6. The molecular formula is C15H20ClNO2. The molecule has 0 spiro atoms. The fourth-order valence-corrected chi connectivity index (χ4v) is 2.64. The van der Waals surface area contributed by atoms with E-state index in [1.807, 2.05) is 45.0 Å². The predicted octanol–water partition coefficient (Wildman–Crippen LogP) is 4.41. The minimum absolute atomic E-state index is 0.0311. The number of rotatable bonds is 1. The molecule has 1 heterocycles. The lowest BCUT2D eigenvalue weighted by molar-refractivity contribution is 0.0224. The van der Waals surface area contributed by atoms with E-state index in [4.69, 9.17) is 16.3 Å². The van der Waals surface area contributed by atoms with Crippen molar-refractivity contribution < 1.29 is 9.53 Å². The van der Waals surface area contributed by atoms with Crippen LogP contribution in [0.15, 0.2) is 24.3 Å². The number of carbonyl (C=O) groups excluding carboxylic acids is 1. The monoisotopic (exact) mass is 281 g/mol. The number of hydrogen-bond donors (Lipinski definition) is 0. The molecule has 4 heteroatoms. The fraction of sp³-hybridized carbons (Fsp3) is 0.533. The molecule has 0 saturated carbocycles. The maximum atomic E-state index is 12.2. The summed E-state index contributed by atoms with van der Waals surface area (Å²) in [5.74, 6) is 0. The molecule has 3 nitrogen and oxygen atoms in total. The van der Waals surface area contributed by atoms with Crippen LogP contribution in [0.2, 0.25) is 5.02 Å². The van der Waals surface area contributed by atoms with E-state index in [1.54, 1.807) is 4.90 Å². The van der Waals surface area contributed by atoms with E-state index in [0.29, 0.717) is 5.02 Å². The molecule has 104 valence electrons. The van der Waals surface area contributed by atoms with E-state index in [9.17, 15) is 4.79 Å². The van der Waals surface area contributed by atoms with Gasteiger partial charge in [0.1, 0.15) is 5.60 Å². The van der Waals surface area contributed by atoms with Crippen molar-refractivity contribution in [3.63, 3.8) is 0 Å². The second-order valence-corrected chi connectivity index (χ2v) is 6.26. The molecule has 1 aromatic carbocycles. The van der Waals surface area contributed by atoms with E-state index in [1.165, 1.54) is 0 Å². The standard InChI is InChI=1S/C15H20ClNO2/c1-15(2,3)19-14(18)17-10-6-9-13(17)11-7-4-5-8-12(11)16/h4-5,7-8,13H,6,9-10H2,1-3H3. The smallest absolute Gasteiger partial charge is 0.410 e. The summed E-state index contributed by atoms with van der Waals surface area (Å²) in [6.45, 7) is 6.37. The normalized spacial score (nSPS) is 19.6. The Kier molecular flexibility index (Phi) is 4.04. The largest absolute Gasteiger partial charge is 0.444 e. The van der Waals surface area contributed by atoms with Gasteiger partial charge in [-0.15, -0.1) is 0 Å². The van der Waals surface area contributed by atoms with Crippen LogP contribution in [0.3, 0.4) is 0 Å². The van der Waals surface area contributed by atoms with Crippen LogP contribution in [0.1, 0.15) is 45.2 Å². The SMILES string of the molecule is CC(C)(C)OC(=O)N1CCCC1c1ccccc1Cl. The minimum Gasteiger partial charge on any atom is -0.444 e. The molecular weight excluding hydrogens is 262 g/mol. The summed E-state index contributed by atoms with van der Waals surface area (Å²) in [6, 6.07) is 7.73. The molecule has 1 aromatic rings. The molecule has 0 aromatic heterocycles. The first kappa shape index (κ1) is 14.2. The van der Waals surface area contributed by atoms with Crippen molar-refractivity contribution in [2.24, 2.45) is 0 Å². The second-order valence-electron chi connectivity index (χ2n) is 5.85. The number of halogens is 1. The second kappa shape index (κ2) is 5.41. The van der Waals surface area contributed by atoms with Crippen LogP contribution in [-0.4, -0.2) is 23.1 Å². The molecule has 0 radical (unpaired) electrons. The van der Waals surface area contributed by atoms with E-state index < -0.39 is 5.60 Å². The number of ether oxygens (including phenoxy) is 1. The van der Waals surface area contributed by atoms with Crippen molar-refractivity contribution in [3.05, 3.63) is 34.9 Å². The quantitative estimate of drug-likeness (QED) is 0.763. The number of benzene rings is 1. The molecule has 1 aliphatic heterocycles. The van der Waals surface area contributed by atoms with Crippen LogP contribution in [-0.2, 0) is 4.74 Å². The minimum atomic E-state index is -0.468. The summed E-state index contributed by atoms with van der Waals surface area (Å²) in [7, 11) is 0. The van der Waals surface area contributed by atoms with Crippen molar-refractivity contribution in [1.29, 1.82) is 0 Å². The van der Waals surface area contributed by atoms with Crippen LogP contribution in [0, 0.1) is 0 Å². The van der Waals surface area contributed by atoms with E-state index in [2.05, 4.69) is 0 Å². The molecule has 1 saturated heterocycles. The van der Waals surface area contributed by atoms with Crippen LogP contribution in [0.25, 0.3) is 0 Å². The number of hydrogen-bond acceptors (Lipinski definition) is 2. The number of amides is 1. The average molecular weight is 282 g/mol. The number of carbonyl (C=O) groups is 1. The Balaban J connectivity index is 2.18. The Labute approximate surface area is 119 Å². The lowest BCUT2D eigenvalue weighted by atomic mass is 10.0. The molecule has 1 atom stereocenters. The first-order chi connectivity index (χ1) is 8.88. The number of nitrogens with zero attached hydrogens (tertiary/aromatic N) is 1. The Morgan fingerprint density at radius 2 is 2.05 bits per heavy atom. The van der Waals surface area contributed by atoms with E-state index in [-0.39, 0.29) is 12.1 Å². The van der Waals surface area contributed by atoms with Crippen LogP contribution >= 0.6 is 11.6 Å². The Hall–Kier alpha value is -1.22. The average Bonchev–Trinajstić information content (AvgIpc) is 2.76. The van der Waals surface area contributed by atoms with Crippen LogP contribution in [0.5, 0.6) is 0 Å². The molecule has 2 rings (SSSR count). The molecule has 0 bridgehead atoms. The highest BCUT2D eigenvalue weighted by molar-refractivity contribution is 6.31. The van der Waals surface area contributed by atoms with Crippen molar-refractivity contribution in [2.75, 3.05) is 6.54 Å². The van der Waals surface area contributed by atoms with Gasteiger partial charge in [-0.1, -0.05) is 29.8 Å². The maximum Gasteiger partial charge on any atom is 0.410 e. The third kappa shape index (κ3) is 3.41. The molecule has 0 N–H and O–H groups in total. The predicted molar refractivity (Wildman–Crippen MR) is 76.4 cm³/mol. The summed E-state index contributed by atoms with van der Waals surface area (Å²) < 4.78 is 5.46. The van der Waals surface area contributed by atoms with Crippen molar-refractivity contribution >= 4 is 17.7 Å². The van der Waals surface area contributed by atoms with Gasteiger partial charge in [0.05, 0.1) is 6.04 Å². The third-order valence-electron chi connectivity index (χ3n) is 3.15. The Bertz CT molecular complexity index is 467. The molecule has 19 heavy (non-hydrogen) atoms. The van der Waals surface area contributed by atoms with Crippen molar-refractivity contribution in [1.82, 2.24) is 4.90 Å². The third-order valence-corrected chi connectivity index (χ3v) is 3.49. The van der Waals surface area contributed by atoms with Gasteiger partial charge in [0, 0.05) is 11.6 Å². The summed E-state index contributed by atoms with van der Waals surface area (Å²) >= 11 is 6.23. The van der Waals surface area contributed by atoms with Gasteiger partial charge >= 0.3 is 6.09 Å². The summed E-state index contributed by atoms with van der Waals surface area (Å²) in [5, 5.41) is 0.711. The lowest BCUT2D eigenvalue weighted by Crippen LogP contribution is -2.36. The van der Waals surface area contributed by atoms with Gasteiger partial charge < -0.3 is 9.64 Å². The molecule has 1 amide bonds. The van der Waals surface area contributed by atoms with Crippen molar-refractivity contribution in [2.45, 2.75) is 45.3 Å². The molecule has 1 aliphatic rings. The van der Waals surface area contributed by atoms with Crippen LogP contribution in [0.4, 0.5) is 4.79 Å². The van der Waals surface area contributed by atoms with Gasteiger partial charge in [0.15, 0.2) is 0 Å². The van der Waals surface area contributed by atoms with Gasteiger partial charge in [-0.2, -0.15) is 0 Å². The fourth-order valence-electron chi connectivity index (χ4n) is 2.37. The van der Waals surface area contributed by atoms with E-state index in [0.717, 1.165) is 24.9 Å². The van der Waals surface area contributed by atoms with Gasteiger partial charge in [0.25, 0.3) is 0 Å². The first-order valence-electron chi connectivity index (χ1n) is 6.62. The topological polar surface area (TPSA) is 29.5 Å². The highest BCUT2D eigenvalue weighted by atomic mass is 35.5. The summed E-state index contributed by atoms with van der Waals surface area (Å²) in [6.07, 6.45) is 1.66. The van der Waals surface area contributed by atoms with Gasteiger partial charge in [0.2, 0.25) is 0 Å². The summed E-state index contributed by atoms with van der Waals surface area (Å²) in [4.78, 5) is 14.0. The Morgan fingerprint density at radius 1 is 1.37 bits per heavy atom. The van der Waals surface area contributed by atoms with Crippen LogP contribution < -0.4 is 0 Å². The Morgan fingerprint density at radius 3 is 2.68 bits per heavy atom. The molecule has 1 unspecified atom stereocenters. The van der Waals surface area contributed by atoms with Gasteiger partial charge in [-0.05, 0) is 45.2 Å². The maximum absolute atomic E-state index is 12.2. The van der Waals surface area contributed by atoms with Gasteiger partial charge in [-0.25, -0.2) is 4.79 Å².